The lowest BCUT2D eigenvalue weighted by Gasteiger charge is -2.23. The first-order valence-corrected chi connectivity index (χ1v) is 5.04. The molecular formula is C11H15FN2O3. The number of halogens is 1. The lowest BCUT2D eigenvalue weighted by molar-refractivity contribution is -0.387. The SMILES string of the molecule is COc1cc(F)c([N+](=O)[O-])cc1NC(C)(C)C. The molecule has 0 fully saturated rings. The largest absolute Gasteiger partial charge is 0.494 e. The second kappa shape index (κ2) is 4.57. The van der Waals surface area contributed by atoms with Crippen molar-refractivity contribution in [3.63, 3.8) is 0 Å². The van der Waals surface area contributed by atoms with Gasteiger partial charge < -0.3 is 10.1 Å². The number of rotatable bonds is 3. The molecule has 0 saturated carbocycles. The van der Waals surface area contributed by atoms with Crippen LogP contribution >= 0.6 is 0 Å². The minimum Gasteiger partial charge on any atom is -0.494 e. The number of nitro benzene ring substituents is 1. The number of hydrogen-bond acceptors (Lipinski definition) is 4. The Morgan fingerprint density at radius 1 is 1.41 bits per heavy atom. The van der Waals surface area contributed by atoms with Crippen LogP contribution in [0.2, 0.25) is 0 Å². The molecule has 0 atom stereocenters. The third-order valence-corrected chi connectivity index (χ3v) is 1.98. The molecule has 0 radical (unpaired) electrons. The van der Waals surface area contributed by atoms with Gasteiger partial charge in [0, 0.05) is 17.7 Å². The van der Waals surface area contributed by atoms with Gasteiger partial charge in [0.1, 0.15) is 5.75 Å². The van der Waals surface area contributed by atoms with Crippen LogP contribution < -0.4 is 10.1 Å². The number of nitrogens with one attached hydrogen (secondary N) is 1. The van der Waals surface area contributed by atoms with Crippen LogP contribution in [0.5, 0.6) is 5.75 Å². The molecule has 0 aliphatic heterocycles. The first-order valence-electron chi connectivity index (χ1n) is 5.04. The molecule has 0 aromatic heterocycles. The molecule has 0 amide bonds. The van der Waals surface area contributed by atoms with Crippen molar-refractivity contribution in [1.82, 2.24) is 0 Å². The van der Waals surface area contributed by atoms with Crippen molar-refractivity contribution in [3.8, 4) is 5.75 Å². The summed E-state index contributed by atoms with van der Waals surface area (Å²) in [4.78, 5) is 9.87. The van der Waals surface area contributed by atoms with E-state index in [-0.39, 0.29) is 11.3 Å². The van der Waals surface area contributed by atoms with Crippen molar-refractivity contribution < 1.29 is 14.1 Å². The van der Waals surface area contributed by atoms with Crippen LogP contribution in [-0.4, -0.2) is 17.6 Å². The van der Waals surface area contributed by atoms with Crippen molar-refractivity contribution in [2.45, 2.75) is 26.3 Å². The third-order valence-electron chi connectivity index (χ3n) is 1.98. The first-order chi connectivity index (χ1) is 7.74. The lowest BCUT2D eigenvalue weighted by atomic mass is 10.1. The van der Waals surface area contributed by atoms with Gasteiger partial charge >= 0.3 is 5.69 Å². The summed E-state index contributed by atoms with van der Waals surface area (Å²) in [6, 6.07) is 2.14. The van der Waals surface area contributed by atoms with E-state index in [1.807, 2.05) is 20.8 Å². The highest BCUT2D eigenvalue weighted by atomic mass is 19.1. The highest BCUT2D eigenvalue weighted by Crippen LogP contribution is 2.33. The fraction of sp³-hybridized carbons (Fsp3) is 0.455. The molecular weight excluding hydrogens is 227 g/mol. The van der Waals surface area contributed by atoms with Crippen LogP contribution in [0, 0.1) is 15.9 Å². The maximum absolute atomic E-state index is 13.4. The average molecular weight is 242 g/mol. The zero-order valence-electron chi connectivity index (χ0n) is 10.2. The predicted octanol–water partition coefficient (Wildman–Crippen LogP) is 2.95. The fourth-order valence-corrected chi connectivity index (χ4v) is 1.35. The van der Waals surface area contributed by atoms with Crippen molar-refractivity contribution in [3.05, 3.63) is 28.1 Å². The molecule has 0 unspecified atom stereocenters. The van der Waals surface area contributed by atoms with E-state index in [0.717, 1.165) is 12.1 Å². The molecule has 0 saturated heterocycles. The minimum atomic E-state index is -0.911. The van der Waals surface area contributed by atoms with Gasteiger partial charge in [-0.25, -0.2) is 0 Å². The van der Waals surface area contributed by atoms with Gasteiger partial charge in [-0.2, -0.15) is 4.39 Å². The molecule has 0 heterocycles. The summed E-state index contributed by atoms with van der Waals surface area (Å²) in [7, 11) is 1.38. The number of benzene rings is 1. The van der Waals surface area contributed by atoms with Crippen molar-refractivity contribution in [2.75, 3.05) is 12.4 Å². The molecule has 1 N–H and O–H groups in total. The number of hydrogen-bond donors (Lipinski definition) is 1. The highest BCUT2D eigenvalue weighted by Gasteiger charge is 2.21. The topological polar surface area (TPSA) is 64.4 Å². The van der Waals surface area contributed by atoms with Gasteiger partial charge in [-0.15, -0.1) is 0 Å². The van der Waals surface area contributed by atoms with E-state index < -0.39 is 16.4 Å². The summed E-state index contributed by atoms with van der Waals surface area (Å²) >= 11 is 0. The smallest absolute Gasteiger partial charge is 0.307 e. The second-order valence-electron chi connectivity index (χ2n) is 4.64. The zero-order valence-corrected chi connectivity index (χ0v) is 10.2. The molecule has 6 heteroatoms. The Kier molecular flexibility index (Phi) is 3.55. The third kappa shape index (κ3) is 3.30. The van der Waals surface area contributed by atoms with Gasteiger partial charge in [-0.1, -0.05) is 0 Å². The van der Waals surface area contributed by atoms with Crippen molar-refractivity contribution >= 4 is 11.4 Å². The van der Waals surface area contributed by atoms with E-state index in [2.05, 4.69) is 5.32 Å². The summed E-state index contributed by atoms with van der Waals surface area (Å²) in [6.07, 6.45) is 0. The summed E-state index contributed by atoms with van der Waals surface area (Å²) in [5.74, 6) is -0.672. The van der Waals surface area contributed by atoms with Crippen LogP contribution in [0.15, 0.2) is 12.1 Å². The van der Waals surface area contributed by atoms with Crippen LogP contribution in [0.25, 0.3) is 0 Å². The van der Waals surface area contributed by atoms with Gasteiger partial charge in [0.05, 0.1) is 17.7 Å². The molecule has 94 valence electrons. The van der Waals surface area contributed by atoms with E-state index >= 15 is 0 Å². The van der Waals surface area contributed by atoms with E-state index in [9.17, 15) is 14.5 Å². The Morgan fingerprint density at radius 3 is 2.41 bits per heavy atom. The quantitative estimate of drug-likeness (QED) is 0.653. The summed E-state index contributed by atoms with van der Waals surface area (Å²) < 4.78 is 18.3. The average Bonchev–Trinajstić information content (AvgIpc) is 2.17. The molecule has 1 aromatic rings. The molecule has 0 aliphatic rings. The monoisotopic (exact) mass is 242 g/mol. The number of methoxy groups -OCH3 is 1. The Labute approximate surface area is 98.7 Å². The summed E-state index contributed by atoms with van der Waals surface area (Å²) in [5, 5.41) is 13.7. The predicted molar refractivity (Wildman–Crippen MR) is 63.0 cm³/mol. The molecule has 5 nitrogen and oxygen atoms in total. The van der Waals surface area contributed by atoms with Crippen LogP contribution in [0.3, 0.4) is 0 Å². The molecule has 0 bridgehead atoms. The maximum Gasteiger partial charge on any atom is 0.307 e. The lowest BCUT2D eigenvalue weighted by Crippen LogP contribution is -2.26. The maximum atomic E-state index is 13.4. The van der Waals surface area contributed by atoms with Crippen molar-refractivity contribution in [2.24, 2.45) is 0 Å². The Morgan fingerprint density at radius 2 is 2.00 bits per heavy atom. The molecule has 0 aliphatic carbocycles. The molecule has 1 rings (SSSR count). The van der Waals surface area contributed by atoms with E-state index in [1.54, 1.807) is 0 Å². The number of ether oxygens (including phenoxy) is 1. The van der Waals surface area contributed by atoms with Crippen LogP contribution in [0.1, 0.15) is 20.8 Å². The number of nitrogens with zero attached hydrogens (tertiary/aromatic N) is 1. The molecule has 1 aromatic carbocycles. The summed E-state index contributed by atoms with van der Waals surface area (Å²) in [5.41, 5.74) is -0.482. The van der Waals surface area contributed by atoms with Gasteiger partial charge in [0.15, 0.2) is 0 Å². The Balaban J connectivity index is 3.26. The highest BCUT2D eigenvalue weighted by molar-refractivity contribution is 5.63. The Bertz CT molecular complexity index is 441. The summed E-state index contributed by atoms with van der Waals surface area (Å²) in [6.45, 7) is 5.67. The molecule has 0 spiro atoms. The van der Waals surface area contributed by atoms with Crippen LogP contribution in [0.4, 0.5) is 15.8 Å². The Hall–Kier alpha value is -1.85. The minimum absolute atomic E-state index is 0.239. The zero-order chi connectivity index (χ0) is 13.2. The van der Waals surface area contributed by atoms with Gasteiger partial charge in [-0.05, 0) is 20.8 Å². The van der Waals surface area contributed by atoms with Gasteiger partial charge in [-0.3, -0.25) is 10.1 Å². The van der Waals surface area contributed by atoms with Gasteiger partial charge in [0.25, 0.3) is 0 Å². The van der Waals surface area contributed by atoms with E-state index in [1.165, 1.54) is 7.11 Å². The van der Waals surface area contributed by atoms with Gasteiger partial charge in [0.2, 0.25) is 5.82 Å². The normalized spacial score (nSPS) is 11.1. The number of anilines is 1. The fourth-order valence-electron chi connectivity index (χ4n) is 1.35. The standard InChI is InChI=1S/C11H15FN2O3/c1-11(2,3)13-8-6-9(14(15)16)7(12)5-10(8)17-4/h5-6,13H,1-4H3. The molecule has 17 heavy (non-hydrogen) atoms. The first kappa shape index (κ1) is 13.2. The second-order valence-corrected chi connectivity index (χ2v) is 4.64. The van der Waals surface area contributed by atoms with E-state index in [4.69, 9.17) is 4.74 Å². The van der Waals surface area contributed by atoms with E-state index in [0.29, 0.717) is 5.69 Å². The van der Waals surface area contributed by atoms with Crippen molar-refractivity contribution in [1.29, 1.82) is 0 Å². The number of nitro groups is 1. The van der Waals surface area contributed by atoms with Crippen LogP contribution in [-0.2, 0) is 0 Å².